The Morgan fingerprint density at radius 3 is 2.87 bits per heavy atom. The topological polar surface area (TPSA) is 27.7 Å². The smallest absolute Gasteiger partial charge is 0.246 e. The summed E-state index contributed by atoms with van der Waals surface area (Å²) in [5.41, 5.74) is 0. The summed E-state index contributed by atoms with van der Waals surface area (Å²) in [5, 5.41) is 0. The average Bonchev–Trinajstić information content (AvgIpc) is 2.49. The third kappa shape index (κ3) is 2.12. The third-order valence-corrected chi connectivity index (χ3v) is 2.14. The van der Waals surface area contributed by atoms with Crippen molar-refractivity contribution in [1.82, 2.24) is 0 Å². The van der Waals surface area contributed by atoms with E-state index in [2.05, 4.69) is 0 Å². The van der Waals surface area contributed by atoms with Crippen LogP contribution in [0, 0.1) is 0 Å². The average molecular weight is 229 g/mol. The van der Waals surface area contributed by atoms with Gasteiger partial charge in [0.2, 0.25) is 11.5 Å². The maximum Gasteiger partial charge on any atom is 0.246 e. The minimum Gasteiger partial charge on any atom is -0.488 e. The van der Waals surface area contributed by atoms with Crippen LogP contribution < -0.4 is 14.2 Å². The lowest BCUT2D eigenvalue weighted by molar-refractivity contribution is -0.0440. The van der Waals surface area contributed by atoms with Crippen molar-refractivity contribution >= 4 is 11.6 Å². The fourth-order valence-electron chi connectivity index (χ4n) is 1.47. The van der Waals surface area contributed by atoms with Crippen LogP contribution in [0.15, 0.2) is 18.2 Å². The van der Waals surface area contributed by atoms with E-state index in [4.69, 9.17) is 25.8 Å². The number of hydrogen-bond acceptors (Lipinski definition) is 3. The van der Waals surface area contributed by atoms with Gasteiger partial charge in [-0.15, -0.1) is 11.6 Å². The molecule has 0 saturated carbocycles. The van der Waals surface area contributed by atoms with Gasteiger partial charge in [-0.2, -0.15) is 0 Å². The van der Waals surface area contributed by atoms with E-state index >= 15 is 0 Å². The van der Waals surface area contributed by atoms with Crippen LogP contribution >= 0.6 is 11.6 Å². The predicted octanol–water partition coefficient (Wildman–Crippen LogP) is 2.81. The van der Waals surface area contributed by atoms with Gasteiger partial charge in [-0.05, 0) is 12.1 Å². The summed E-state index contributed by atoms with van der Waals surface area (Å²) in [7, 11) is 0. The summed E-state index contributed by atoms with van der Waals surface area (Å²) >= 11 is 5.56. The number of benzene rings is 1. The Labute approximate surface area is 93.9 Å². The van der Waals surface area contributed by atoms with Crippen molar-refractivity contribution in [2.75, 3.05) is 12.5 Å². The molecular formula is C11H13ClO3. The van der Waals surface area contributed by atoms with Gasteiger partial charge in [0.15, 0.2) is 11.5 Å². The van der Waals surface area contributed by atoms with E-state index < -0.39 is 5.79 Å². The van der Waals surface area contributed by atoms with Crippen molar-refractivity contribution in [2.24, 2.45) is 0 Å². The first kappa shape index (κ1) is 10.4. The lowest BCUT2D eigenvalue weighted by atomic mass is 10.3. The molecule has 0 N–H and O–H groups in total. The first-order valence-corrected chi connectivity index (χ1v) is 5.36. The molecule has 1 aliphatic heterocycles. The molecule has 0 bridgehead atoms. The second-order valence-electron chi connectivity index (χ2n) is 3.72. The zero-order chi connectivity index (χ0) is 10.9. The SMILES string of the molecule is CC1(C)Oc2cccc(OCCCl)c2O1. The normalized spacial score (nSPS) is 16.5. The van der Waals surface area contributed by atoms with E-state index in [0.717, 1.165) is 0 Å². The largest absolute Gasteiger partial charge is 0.488 e. The Morgan fingerprint density at radius 2 is 2.13 bits per heavy atom. The number of halogens is 1. The van der Waals surface area contributed by atoms with E-state index in [1.54, 1.807) is 0 Å². The van der Waals surface area contributed by atoms with E-state index in [0.29, 0.717) is 29.7 Å². The molecule has 0 unspecified atom stereocenters. The van der Waals surface area contributed by atoms with Gasteiger partial charge in [-0.3, -0.25) is 0 Å². The van der Waals surface area contributed by atoms with Crippen LogP contribution in [0.3, 0.4) is 0 Å². The van der Waals surface area contributed by atoms with E-state index in [1.165, 1.54) is 0 Å². The zero-order valence-corrected chi connectivity index (χ0v) is 9.50. The standard InChI is InChI=1S/C11H13ClO3/c1-11(2)14-9-5-3-4-8(10(9)15-11)13-7-6-12/h3-5H,6-7H2,1-2H3. The van der Waals surface area contributed by atoms with Crippen LogP contribution in [0.5, 0.6) is 17.2 Å². The molecule has 0 fully saturated rings. The Balaban J connectivity index is 2.25. The maximum atomic E-state index is 5.63. The quantitative estimate of drug-likeness (QED) is 0.745. The lowest BCUT2D eigenvalue weighted by Crippen LogP contribution is -2.29. The summed E-state index contributed by atoms with van der Waals surface area (Å²) < 4.78 is 16.7. The molecule has 0 amide bonds. The van der Waals surface area contributed by atoms with E-state index in [-0.39, 0.29) is 0 Å². The van der Waals surface area contributed by atoms with Gasteiger partial charge in [0.25, 0.3) is 0 Å². The molecule has 4 heteroatoms. The van der Waals surface area contributed by atoms with Crippen LogP contribution in [0.4, 0.5) is 0 Å². The first-order chi connectivity index (χ1) is 7.12. The predicted molar refractivity (Wildman–Crippen MR) is 58.0 cm³/mol. The van der Waals surface area contributed by atoms with Gasteiger partial charge < -0.3 is 14.2 Å². The fourth-order valence-corrected chi connectivity index (χ4v) is 1.55. The molecular weight excluding hydrogens is 216 g/mol. The van der Waals surface area contributed by atoms with Gasteiger partial charge in [0, 0.05) is 13.8 Å². The van der Waals surface area contributed by atoms with Crippen molar-refractivity contribution in [2.45, 2.75) is 19.6 Å². The van der Waals surface area contributed by atoms with Crippen LogP contribution in [-0.2, 0) is 0 Å². The van der Waals surface area contributed by atoms with Crippen molar-refractivity contribution < 1.29 is 14.2 Å². The molecule has 1 aromatic rings. The van der Waals surface area contributed by atoms with Gasteiger partial charge in [-0.25, -0.2) is 0 Å². The molecule has 1 aromatic carbocycles. The molecule has 2 rings (SSSR count). The number of fused-ring (bicyclic) bond motifs is 1. The summed E-state index contributed by atoms with van der Waals surface area (Å²) in [6.45, 7) is 4.18. The molecule has 15 heavy (non-hydrogen) atoms. The minimum atomic E-state index is -0.622. The van der Waals surface area contributed by atoms with Crippen LogP contribution in [0.1, 0.15) is 13.8 Å². The number of hydrogen-bond donors (Lipinski definition) is 0. The number of ether oxygens (including phenoxy) is 3. The second kappa shape index (κ2) is 3.81. The van der Waals surface area contributed by atoms with Crippen LogP contribution in [-0.4, -0.2) is 18.3 Å². The second-order valence-corrected chi connectivity index (χ2v) is 4.10. The molecule has 0 radical (unpaired) electrons. The molecule has 1 heterocycles. The van der Waals surface area contributed by atoms with Gasteiger partial charge in [0.1, 0.15) is 6.61 Å². The molecule has 1 aliphatic rings. The first-order valence-electron chi connectivity index (χ1n) is 4.82. The highest BCUT2D eigenvalue weighted by Gasteiger charge is 2.33. The van der Waals surface area contributed by atoms with Crippen LogP contribution in [0.25, 0.3) is 0 Å². The molecule has 0 aromatic heterocycles. The van der Waals surface area contributed by atoms with E-state index in [9.17, 15) is 0 Å². The van der Waals surface area contributed by atoms with Crippen molar-refractivity contribution in [3.8, 4) is 17.2 Å². The third-order valence-electron chi connectivity index (χ3n) is 1.98. The summed E-state index contributed by atoms with van der Waals surface area (Å²) in [4.78, 5) is 0. The monoisotopic (exact) mass is 228 g/mol. The highest BCUT2D eigenvalue weighted by atomic mass is 35.5. The Morgan fingerprint density at radius 1 is 1.33 bits per heavy atom. The number of rotatable bonds is 3. The van der Waals surface area contributed by atoms with Crippen molar-refractivity contribution in [3.05, 3.63) is 18.2 Å². The maximum absolute atomic E-state index is 5.63. The molecule has 0 atom stereocenters. The molecule has 82 valence electrons. The molecule has 0 spiro atoms. The summed E-state index contributed by atoms with van der Waals surface area (Å²) in [6.07, 6.45) is 0. The number of alkyl halides is 1. The fraction of sp³-hybridized carbons (Fsp3) is 0.455. The van der Waals surface area contributed by atoms with Crippen molar-refractivity contribution in [1.29, 1.82) is 0 Å². The zero-order valence-electron chi connectivity index (χ0n) is 8.75. The molecule has 0 saturated heterocycles. The Kier molecular flexibility index (Phi) is 2.65. The summed E-state index contributed by atoms with van der Waals surface area (Å²) in [5.74, 6) is 1.88. The lowest BCUT2D eigenvalue weighted by Gasteiger charge is -2.16. The highest BCUT2D eigenvalue weighted by Crippen LogP contribution is 2.45. The minimum absolute atomic E-state index is 0.452. The molecule has 3 nitrogen and oxygen atoms in total. The van der Waals surface area contributed by atoms with Crippen molar-refractivity contribution in [3.63, 3.8) is 0 Å². The Bertz CT molecular complexity index is 363. The van der Waals surface area contributed by atoms with Crippen LogP contribution in [0.2, 0.25) is 0 Å². The summed E-state index contributed by atoms with van der Waals surface area (Å²) in [6, 6.07) is 5.57. The highest BCUT2D eigenvalue weighted by molar-refractivity contribution is 6.18. The van der Waals surface area contributed by atoms with Gasteiger partial charge >= 0.3 is 0 Å². The van der Waals surface area contributed by atoms with Gasteiger partial charge in [-0.1, -0.05) is 6.07 Å². The Hall–Kier alpha value is -1.09. The van der Waals surface area contributed by atoms with Gasteiger partial charge in [0.05, 0.1) is 5.88 Å². The van der Waals surface area contributed by atoms with E-state index in [1.807, 2.05) is 32.0 Å². The number of para-hydroxylation sites is 1. The molecule has 0 aliphatic carbocycles.